The summed E-state index contributed by atoms with van der Waals surface area (Å²) in [6, 6.07) is 15.2. The van der Waals surface area contributed by atoms with E-state index in [9.17, 15) is 23.2 Å². The number of hydrogen-bond acceptors (Lipinski definition) is 6. The van der Waals surface area contributed by atoms with Crippen molar-refractivity contribution < 1.29 is 22.7 Å². The number of nitriles is 1. The van der Waals surface area contributed by atoms with Crippen molar-refractivity contribution in [1.82, 2.24) is 4.98 Å². The molecule has 41 heavy (non-hydrogen) atoms. The number of aromatic nitrogens is 1. The molecule has 1 amide bonds. The third-order valence-corrected chi connectivity index (χ3v) is 8.09. The molecule has 1 spiro atoms. The topological polar surface area (TPSA) is 95.5 Å². The monoisotopic (exact) mass is 563 g/mol. The number of fused-ring (bicyclic) bond motifs is 2. The lowest BCUT2D eigenvalue weighted by molar-refractivity contribution is -0.137. The molecule has 3 heterocycles. The van der Waals surface area contributed by atoms with E-state index >= 15 is 0 Å². The number of amides is 1. The summed E-state index contributed by atoms with van der Waals surface area (Å²) in [5.74, 6) is 0.542. The van der Waals surface area contributed by atoms with Crippen molar-refractivity contribution >= 4 is 17.3 Å². The van der Waals surface area contributed by atoms with Crippen molar-refractivity contribution in [2.24, 2.45) is 5.73 Å². The zero-order valence-corrected chi connectivity index (χ0v) is 22.9. The Morgan fingerprint density at radius 2 is 1.93 bits per heavy atom. The lowest BCUT2D eigenvalue weighted by Gasteiger charge is -2.41. The second kappa shape index (κ2) is 11.4. The van der Waals surface area contributed by atoms with E-state index in [1.54, 1.807) is 6.20 Å². The molecule has 7 nitrogen and oxygen atoms in total. The Morgan fingerprint density at radius 3 is 2.61 bits per heavy atom. The van der Waals surface area contributed by atoms with Crippen LogP contribution in [0.2, 0.25) is 0 Å². The van der Waals surface area contributed by atoms with Crippen LogP contribution < -0.4 is 20.3 Å². The first-order chi connectivity index (χ1) is 19.7. The third kappa shape index (κ3) is 5.46. The van der Waals surface area contributed by atoms with E-state index in [-0.39, 0.29) is 16.9 Å². The van der Waals surface area contributed by atoms with Gasteiger partial charge in [-0.15, -0.1) is 0 Å². The smallest absolute Gasteiger partial charge is 0.416 e. The van der Waals surface area contributed by atoms with Crippen molar-refractivity contribution in [2.45, 2.75) is 44.2 Å². The minimum atomic E-state index is -4.51. The van der Waals surface area contributed by atoms with E-state index in [0.717, 1.165) is 34.5 Å². The molecule has 3 aromatic rings. The molecule has 2 aliphatic heterocycles. The van der Waals surface area contributed by atoms with Crippen LogP contribution in [0.4, 0.5) is 24.5 Å². The molecule has 1 aromatic heterocycles. The molecular formula is C31H32F3N5O2. The summed E-state index contributed by atoms with van der Waals surface area (Å²) in [5, 5.41) is 9.60. The van der Waals surface area contributed by atoms with Crippen molar-refractivity contribution in [1.29, 1.82) is 5.26 Å². The van der Waals surface area contributed by atoms with E-state index in [1.165, 1.54) is 6.07 Å². The van der Waals surface area contributed by atoms with Gasteiger partial charge in [-0.25, -0.2) is 4.98 Å². The van der Waals surface area contributed by atoms with E-state index in [4.69, 9.17) is 10.5 Å². The van der Waals surface area contributed by atoms with Gasteiger partial charge in [-0.3, -0.25) is 4.79 Å². The Bertz CT molecular complexity index is 1480. The van der Waals surface area contributed by atoms with Crippen molar-refractivity contribution in [3.05, 3.63) is 71.4 Å². The number of nitrogens with two attached hydrogens (primary N) is 1. The highest BCUT2D eigenvalue weighted by molar-refractivity contribution is 5.97. The summed E-state index contributed by atoms with van der Waals surface area (Å²) >= 11 is 0. The molecule has 2 aliphatic rings. The van der Waals surface area contributed by atoms with E-state index in [1.807, 2.05) is 47.1 Å². The van der Waals surface area contributed by atoms with Gasteiger partial charge in [0, 0.05) is 48.9 Å². The molecule has 2 N–H and O–H groups in total. The molecule has 0 saturated carbocycles. The average Bonchev–Trinajstić information content (AvgIpc) is 3.29. The number of hydrogen-bond donors (Lipinski definition) is 1. The van der Waals surface area contributed by atoms with Crippen LogP contribution in [0.3, 0.4) is 0 Å². The number of alkyl halides is 3. The van der Waals surface area contributed by atoms with Crippen LogP contribution >= 0.6 is 0 Å². The van der Waals surface area contributed by atoms with Crippen LogP contribution in [-0.4, -0.2) is 43.7 Å². The summed E-state index contributed by atoms with van der Waals surface area (Å²) in [6.07, 6.45) is -0.529. The van der Waals surface area contributed by atoms with Crippen LogP contribution in [0.5, 0.6) is 5.88 Å². The highest BCUT2D eigenvalue weighted by atomic mass is 19.4. The normalized spacial score (nSPS) is 16.0. The lowest BCUT2D eigenvalue weighted by atomic mass is 9.74. The number of carbonyl (C=O) groups excluding carboxylic acids is 1. The number of piperidine rings is 1. The highest BCUT2D eigenvalue weighted by Gasteiger charge is 2.46. The van der Waals surface area contributed by atoms with Crippen LogP contribution in [0.1, 0.15) is 49.3 Å². The van der Waals surface area contributed by atoms with Crippen molar-refractivity contribution in [3.8, 4) is 23.1 Å². The van der Waals surface area contributed by atoms with Gasteiger partial charge in [0.15, 0.2) is 0 Å². The van der Waals surface area contributed by atoms with Crippen LogP contribution in [0.25, 0.3) is 11.1 Å². The minimum Gasteiger partial charge on any atom is -0.478 e. The molecule has 0 atom stereocenters. The second-order valence-corrected chi connectivity index (χ2v) is 10.5. The number of halogens is 3. The summed E-state index contributed by atoms with van der Waals surface area (Å²) in [6.45, 7) is 4.41. The first-order valence-corrected chi connectivity index (χ1v) is 13.8. The Morgan fingerprint density at radius 1 is 1.15 bits per heavy atom. The average molecular weight is 564 g/mol. The predicted octanol–water partition coefficient (Wildman–Crippen LogP) is 5.66. The summed E-state index contributed by atoms with van der Waals surface area (Å²) in [5.41, 5.74) is 8.74. The number of nitrogens with zero attached hydrogens (tertiary/aromatic N) is 4. The van der Waals surface area contributed by atoms with Crippen LogP contribution in [-0.2, 0) is 16.4 Å². The largest absolute Gasteiger partial charge is 0.478 e. The van der Waals surface area contributed by atoms with Crippen LogP contribution in [0.15, 0.2) is 54.7 Å². The quantitative estimate of drug-likeness (QED) is 0.399. The van der Waals surface area contributed by atoms with Gasteiger partial charge in [-0.1, -0.05) is 12.1 Å². The SMILES string of the molecule is CCOc1ncccc1-c1ccc2c(c1)N(C(=O)CCCN)CC21CCN(c2ccc(C(F)(F)F)cc2C#N)CC1. The molecule has 2 aromatic carbocycles. The molecule has 10 heteroatoms. The van der Waals surface area contributed by atoms with Gasteiger partial charge >= 0.3 is 6.18 Å². The van der Waals surface area contributed by atoms with Crippen molar-refractivity contribution in [3.63, 3.8) is 0 Å². The first-order valence-electron chi connectivity index (χ1n) is 13.8. The zero-order valence-electron chi connectivity index (χ0n) is 22.9. The Balaban J connectivity index is 1.47. The Kier molecular flexibility index (Phi) is 7.91. The number of anilines is 2. The van der Waals surface area contributed by atoms with Gasteiger partial charge in [-0.2, -0.15) is 18.4 Å². The highest BCUT2D eigenvalue weighted by Crippen LogP contribution is 2.49. The third-order valence-electron chi connectivity index (χ3n) is 8.09. The summed E-state index contributed by atoms with van der Waals surface area (Å²) in [4.78, 5) is 21.6. The maximum atomic E-state index is 13.4. The Labute approximate surface area is 237 Å². The number of ether oxygens (including phenoxy) is 1. The number of benzene rings is 2. The number of pyridine rings is 1. The first kappa shape index (κ1) is 28.4. The standard InChI is InChI=1S/C31H32F3N5O2/c1-2-41-29-24(5-4-14-37-29)21-7-9-25-27(18-21)39(28(40)6-3-13-35)20-30(25)11-15-38(16-12-30)26-10-8-23(31(32,33)34)17-22(26)19-36/h4-5,7-10,14,17-18H,2-3,6,11-13,15-16,20,35H2,1H3. The van der Waals surface area contributed by atoms with E-state index in [0.29, 0.717) is 70.0 Å². The van der Waals surface area contributed by atoms with Crippen molar-refractivity contribution in [2.75, 3.05) is 42.6 Å². The fourth-order valence-electron chi connectivity index (χ4n) is 6.00. The molecule has 0 unspecified atom stereocenters. The van der Waals surface area contributed by atoms with Gasteiger partial charge in [0.25, 0.3) is 0 Å². The van der Waals surface area contributed by atoms with Gasteiger partial charge < -0.3 is 20.3 Å². The maximum Gasteiger partial charge on any atom is 0.416 e. The van der Waals surface area contributed by atoms with Gasteiger partial charge in [0.05, 0.1) is 23.4 Å². The molecule has 214 valence electrons. The number of rotatable bonds is 7. The fourth-order valence-corrected chi connectivity index (χ4v) is 6.00. The van der Waals surface area contributed by atoms with Crippen LogP contribution in [0, 0.1) is 11.3 Å². The maximum absolute atomic E-state index is 13.4. The number of carbonyl (C=O) groups is 1. The molecule has 0 radical (unpaired) electrons. The molecule has 5 rings (SSSR count). The van der Waals surface area contributed by atoms with Gasteiger partial charge in [-0.05, 0) is 80.3 Å². The van der Waals surface area contributed by atoms with Gasteiger partial charge in [0.1, 0.15) is 6.07 Å². The zero-order chi connectivity index (χ0) is 29.2. The summed E-state index contributed by atoms with van der Waals surface area (Å²) in [7, 11) is 0. The molecule has 0 aliphatic carbocycles. The molecule has 1 fully saturated rings. The van der Waals surface area contributed by atoms with E-state index < -0.39 is 11.7 Å². The lowest BCUT2D eigenvalue weighted by Crippen LogP contribution is -2.46. The molecular weight excluding hydrogens is 531 g/mol. The minimum absolute atomic E-state index is 0.00685. The predicted molar refractivity (Wildman–Crippen MR) is 151 cm³/mol. The fraction of sp³-hybridized carbons (Fsp3) is 0.387. The Hall–Kier alpha value is -4.10. The van der Waals surface area contributed by atoms with Gasteiger partial charge in [0.2, 0.25) is 11.8 Å². The second-order valence-electron chi connectivity index (χ2n) is 10.5. The van der Waals surface area contributed by atoms with E-state index in [2.05, 4.69) is 11.1 Å². The molecule has 0 bridgehead atoms. The summed E-state index contributed by atoms with van der Waals surface area (Å²) < 4.78 is 45.4. The molecule has 1 saturated heterocycles.